The zero-order valence-corrected chi connectivity index (χ0v) is 14.5. The summed E-state index contributed by atoms with van der Waals surface area (Å²) in [5.41, 5.74) is 5.37. The number of aromatic nitrogens is 4. The standard InChI is InChI=1S/C18H21N5O2/c1-10-6-13-16(22-23(3)17(13)11(2)25-10)18(24)19-8-12-4-5-14-15(7-12)21-9-20-14/h4-5,7,9-11H,6,8H2,1-3H3,(H,19,24)(H,20,21)/t10-,11+/m1/s1. The Bertz CT molecular complexity index is 942. The summed E-state index contributed by atoms with van der Waals surface area (Å²) in [5, 5.41) is 7.41. The molecule has 25 heavy (non-hydrogen) atoms. The number of ether oxygens (including phenoxy) is 1. The van der Waals surface area contributed by atoms with Crippen LogP contribution in [0.1, 0.15) is 47.3 Å². The Kier molecular flexibility index (Phi) is 3.80. The lowest BCUT2D eigenvalue weighted by Crippen LogP contribution is -2.27. The van der Waals surface area contributed by atoms with Gasteiger partial charge in [0.15, 0.2) is 5.69 Å². The van der Waals surface area contributed by atoms with Gasteiger partial charge in [-0.15, -0.1) is 0 Å². The molecule has 0 bridgehead atoms. The molecule has 7 heteroatoms. The monoisotopic (exact) mass is 339 g/mol. The van der Waals surface area contributed by atoms with Gasteiger partial charge in [-0.2, -0.15) is 5.10 Å². The number of amides is 1. The summed E-state index contributed by atoms with van der Waals surface area (Å²) in [6.45, 7) is 4.46. The number of aryl methyl sites for hydroxylation is 1. The Morgan fingerprint density at radius 1 is 1.44 bits per heavy atom. The van der Waals surface area contributed by atoms with Crippen LogP contribution in [0.2, 0.25) is 0 Å². The van der Waals surface area contributed by atoms with Crippen molar-refractivity contribution in [3.8, 4) is 0 Å². The van der Waals surface area contributed by atoms with Crippen molar-refractivity contribution < 1.29 is 9.53 Å². The van der Waals surface area contributed by atoms with Crippen LogP contribution in [0.4, 0.5) is 0 Å². The maximum atomic E-state index is 12.7. The third-order valence-electron chi connectivity index (χ3n) is 4.66. The molecule has 1 aliphatic rings. The molecule has 0 fully saturated rings. The minimum absolute atomic E-state index is 0.0550. The van der Waals surface area contributed by atoms with Crippen molar-refractivity contribution in [1.82, 2.24) is 25.1 Å². The van der Waals surface area contributed by atoms with Gasteiger partial charge < -0.3 is 15.0 Å². The second kappa shape index (κ2) is 6.00. The first-order valence-electron chi connectivity index (χ1n) is 8.44. The Labute approximate surface area is 145 Å². The fourth-order valence-corrected chi connectivity index (χ4v) is 3.58. The van der Waals surface area contributed by atoms with Crippen LogP contribution in [0.3, 0.4) is 0 Å². The van der Waals surface area contributed by atoms with E-state index in [1.807, 2.05) is 39.1 Å². The number of hydrogen-bond donors (Lipinski definition) is 2. The molecule has 0 spiro atoms. The van der Waals surface area contributed by atoms with Crippen molar-refractivity contribution >= 4 is 16.9 Å². The Balaban J connectivity index is 1.54. The molecule has 0 radical (unpaired) electrons. The number of benzene rings is 1. The van der Waals surface area contributed by atoms with E-state index < -0.39 is 0 Å². The molecule has 3 heterocycles. The van der Waals surface area contributed by atoms with Crippen LogP contribution in [-0.4, -0.2) is 31.8 Å². The van der Waals surface area contributed by atoms with Gasteiger partial charge >= 0.3 is 0 Å². The lowest BCUT2D eigenvalue weighted by molar-refractivity contribution is -0.00903. The summed E-state index contributed by atoms with van der Waals surface area (Å²) in [5.74, 6) is -0.150. The highest BCUT2D eigenvalue weighted by atomic mass is 16.5. The smallest absolute Gasteiger partial charge is 0.272 e. The topological polar surface area (TPSA) is 84.8 Å². The van der Waals surface area contributed by atoms with E-state index in [9.17, 15) is 4.79 Å². The van der Waals surface area contributed by atoms with E-state index in [4.69, 9.17) is 4.74 Å². The van der Waals surface area contributed by atoms with Crippen LogP contribution in [-0.2, 0) is 24.8 Å². The summed E-state index contributed by atoms with van der Waals surface area (Å²) >= 11 is 0. The third-order valence-corrected chi connectivity index (χ3v) is 4.66. The molecule has 7 nitrogen and oxygen atoms in total. The van der Waals surface area contributed by atoms with Crippen LogP contribution in [0, 0.1) is 0 Å². The first kappa shape index (κ1) is 15.8. The molecule has 2 atom stereocenters. The third kappa shape index (κ3) is 2.80. The van der Waals surface area contributed by atoms with Crippen molar-refractivity contribution in [3.05, 3.63) is 47.0 Å². The van der Waals surface area contributed by atoms with Crippen LogP contribution < -0.4 is 5.32 Å². The number of hydrogen-bond acceptors (Lipinski definition) is 4. The summed E-state index contributed by atoms with van der Waals surface area (Å²) in [6.07, 6.45) is 2.40. The largest absolute Gasteiger partial charge is 0.369 e. The van der Waals surface area contributed by atoms with Gasteiger partial charge in [0.25, 0.3) is 5.91 Å². The highest BCUT2D eigenvalue weighted by Crippen LogP contribution is 2.31. The molecular formula is C18H21N5O2. The zero-order chi connectivity index (χ0) is 17.6. The number of carbonyl (C=O) groups is 1. The van der Waals surface area contributed by atoms with Gasteiger partial charge in [-0.25, -0.2) is 4.98 Å². The predicted octanol–water partition coefficient (Wildman–Crippen LogP) is 2.25. The molecule has 130 valence electrons. The van der Waals surface area contributed by atoms with Gasteiger partial charge in [0, 0.05) is 25.6 Å². The van der Waals surface area contributed by atoms with Gasteiger partial charge in [-0.3, -0.25) is 9.48 Å². The molecule has 1 amide bonds. The zero-order valence-electron chi connectivity index (χ0n) is 14.5. The number of fused-ring (bicyclic) bond motifs is 2. The number of aromatic amines is 1. The van der Waals surface area contributed by atoms with Crippen molar-refractivity contribution in [2.45, 2.75) is 39.0 Å². The van der Waals surface area contributed by atoms with E-state index in [1.165, 1.54) is 0 Å². The first-order chi connectivity index (χ1) is 12.0. The van der Waals surface area contributed by atoms with Gasteiger partial charge in [0.2, 0.25) is 0 Å². The van der Waals surface area contributed by atoms with Gasteiger partial charge in [-0.1, -0.05) is 6.07 Å². The molecule has 0 saturated heterocycles. The summed E-state index contributed by atoms with van der Waals surface area (Å²) in [4.78, 5) is 20.0. The van der Waals surface area contributed by atoms with E-state index in [0.29, 0.717) is 18.7 Å². The lowest BCUT2D eigenvalue weighted by Gasteiger charge is -2.26. The first-order valence-corrected chi connectivity index (χ1v) is 8.44. The minimum atomic E-state index is -0.150. The van der Waals surface area contributed by atoms with Crippen molar-refractivity contribution in [3.63, 3.8) is 0 Å². The van der Waals surface area contributed by atoms with Crippen LogP contribution in [0.5, 0.6) is 0 Å². The molecule has 1 aromatic carbocycles. The summed E-state index contributed by atoms with van der Waals surface area (Å²) in [6, 6.07) is 5.90. The number of nitrogens with one attached hydrogen (secondary N) is 2. The fraction of sp³-hybridized carbons (Fsp3) is 0.389. The molecule has 3 aromatic rings. The van der Waals surface area contributed by atoms with Crippen LogP contribution in [0.15, 0.2) is 24.5 Å². The average molecular weight is 339 g/mol. The van der Waals surface area contributed by atoms with E-state index in [-0.39, 0.29) is 18.1 Å². The van der Waals surface area contributed by atoms with Crippen LogP contribution in [0.25, 0.3) is 11.0 Å². The second-order valence-corrected chi connectivity index (χ2v) is 6.57. The van der Waals surface area contributed by atoms with E-state index in [0.717, 1.165) is 27.9 Å². The summed E-state index contributed by atoms with van der Waals surface area (Å²) < 4.78 is 7.61. The van der Waals surface area contributed by atoms with E-state index >= 15 is 0 Å². The minimum Gasteiger partial charge on any atom is -0.369 e. The molecule has 4 rings (SSSR count). The second-order valence-electron chi connectivity index (χ2n) is 6.57. The van der Waals surface area contributed by atoms with Gasteiger partial charge in [-0.05, 0) is 31.5 Å². The molecule has 0 aliphatic carbocycles. The maximum Gasteiger partial charge on any atom is 0.272 e. The average Bonchev–Trinajstić information content (AvgIpc) is 3.16. The Morgan fingerprint density at radius 2 is 2.28 bits per heavy atom. The number of nitrogens with zero attached hydrogens (tertiary/aromatic N) is 3. The van der Waals surface area contributed by atoms with E-state index in [1.54, 1.807) is 11.0 Å². The maximum absolute atomic E-state index is 12.7. The van der Waals surface area contributed by atoms with Gasteiger partial charge in [0.1, 0.15) is 0 Å². The number of H-pyrrole nitrogens is 1. The SMILES string of the molecule is C[C@@H]1Cc2c(C(=O)NCc3ccc4nc[nH]c4c3)nn(C)c2[C@H](C)O1. The highest BCUT2D eigenvalue weighted by Gasteiger charge is 2.31. The lowest BCUT2D eigenvalue weighted by atomic mass is 9.99. The predicted molar refractivity (Wildman–Crippen MR) is 93.1 cm³/mol. The molecular weight excluding hydrogens is 318 g/mol. The number of imidazole rings is 1. The van der Waals surface area contributed by atoms with Crippen LogP contribution >= 0.6 is 0 Å². The van der Waals surface area contributed by atoms with Crippen molar-refractivity contribution in [2.24, 2.45) is 7.05 Å². The Hall–Kier alpha value is -2.67. The normalized spacial score (nSPS) is 19.8. The highest BCUT2D eigenvalue weighted by molar-refractivity contribution is 5.94. The summed E-state index contributed by atoms with van der Waals surface area (Å²) in [7, 11) is 1.86. The van der Waals surface area contributed by atoms with E-state index in [2.05, 4.69) is 20.4 Å². The quantitative estimate of drug-likeness (QED) is 0.766. The Morgan fingerprint density at radius 3 is 3.12 bits per heavy atom. The molecule has 0 unspecified atom stereocenters. The molecule has 1 aliphatic heterocycles. The molecule has 2 aromatic heterocycles. The molecule has 0 saturated carbocycles. The number of carbonyl (C=O) groups excluding carboxylic acids is 1. The molecule has 2 N–H and O–H groups in total. The van der Waals surface area contributed by atoms with Crippen molar-refractivity contribution in [1.29, 1.82) is 0 Å². The van der Waals surface area contributed by atoms with Crippen molar-refractivity contribution in [2.75, 3.05) is 0 Å². The van der Waals surface area contributed by atoms with Gasteiger partial charge in [0.05, 0.1) is 35.3 Å². The fourth-order valence-electron chi connectivity index (χ4n) is 3.58. The number of rotatable bonds is 3.